The van der Waals surface area contributed by atoms with Crippen molar-refractivity contribution in [2.75, 3.05) is 6.54 Å². The molecule has 0 bridgehead atoms. The maximum atomic E-state index is 14.4. The molecule has 30 heteroatoms. The Morgan fingerprint density at radius 3 is 1.60 bits per heavy atom. The first-order valence-electron chi connectivity index (χ1n) is 23.5. The zero-order valence-electron chi connectivity index (χ0n) is 41.3. The Kier molecular flexibility index (Phi) is 25.0. The molecule has 18 N–H and O–H groups in total. The number of aliphatic hydroxyl groups is 2. The number of amides is 9. The van der Waals surface area contributed by atoms with Crippen LogP contribution in [0.3, 0.4) is 0 Å². The second-order valence-electron chi connectivity index (χ2n) is 17.9. The molecule has 416 valence electrons. The number of primary amides is 1. The molecule has 1 aliphatic heterocycles. The predicted molar refractivity (Wildman–Crippen MR) is 254 cm³/mol. The number of hydrogen-bond donors (Lipinski definition) is 16. The lowest BCUT2D eigenvalue weighted by Crippen LogP contribution is -2.63. The van der Waals surface area contributed by atoms with Crippen LogP contribution in [-0.2, 0) is 68.7 Å². The number of carboxylic acids is 4. The zero-order chi connectivity index (χ0) is 57.0. The van der Waals surface area contributed by atoms with Crippen molar-refractivity contribution in [1.29, 1.82) is 0 Å². The number of nitrogens with zero attached hydrogens (tertiary/aromatic N) is 1. The van der Waals surface area contributed by atoms with Gasteiger partial charge in [0.05, 0.1) is 37.5 Å². The van der Waals surface area contributed by atoms with E-state index in [1.54, 1.807) is 6.92 Å². The molecule has 0 saturated carbocycles. The minimum Gasteiger partial charge on any atom is -0.508 e. The molecule has 1 saturated heterocycles. The van der Waals surface area contributed by atoms with Crippen molar-refractivity contribution in [2.45, 2.75) is 152 Å². The lowest BCUT2D eigenvalue weighted by atomic mass is 9.96. The third-order valence-corrected chi connectivity index (χ3v) is 11.8. The number of carbonyl (C=O) groups excluding carboxylic acids is 9. The fraction of sp³-hybridized carbons (Fsp3) is 0.578. The summed E-state index contributed by atoms with van der Waals surface area (Å²) in [6, 6.07) is -10.3. The highest BCUT2D eigenvalue weighted by Crippen LogP contribution is 2.22. The zero-order valence-corrected chi connectivity index (χ0v) is 41.3. The normalized spacial score (nSPS) is 17.5. The average molecular weight is 1070 g/mol. The molecule has 1 aromatic carbocycles. The number of phenolic OH excluding ortho intramolecular Hbond substituents is 1. The molecule has 2 rings (SSSR count). The summed E-state index contributed by atoms with van der Waals surface area (Å²) in [6.07, 6.45) is -7.67. The number of rotatable bonds is 31. The van der Waals surface area contributed by atoms with E-state index in [1.165, 1.54) is 31.2 Å². The van der Waals surface area contributed by atoms with Crippen LogP contribution in [0.2, 0.25) is 0 Å². The van der Waals surface area contributed by atoms with E-state index in [-0.39, 0.29) is 38.0 Å². The van der Waals surface area contributed by atoms with Gasteiger partial charge >= 0.3 is 23.9 Å². The van der Waals surface area contributed by atoms with Gasteiger partial charge in [0.1, 0.15) is 54.1 Å². The van der Waals surface area contributed by atoms with E-state index in [2.05, 4.69) is 31.9 Å². The van der Waals surface area contributed by atoms with Crippen LogP contribution in [0.25, 0.3) is 0 Å². The summed E-state index contributed by atoms with van der Waals surface area (Å²) in [5.74, 6) is -17.4. The monoisotopic (exact) mass is 1070 g/mol. The van der Waals surface area contributed by atoms with Gasteiger partial charge in [-0.2, -0.15) is 0 Å². The number of carboxylic acid groups (broad SMARTS) is 4. The molecule has 0 radical (unpaired) electrons. The van der Waals surface area contributed by atoms with E-state index >= 15 is 0 Å². The van der Waals surface area contributed by atoms with Gasteiger partial charge in [0.2, 0.25) is 53.2 Å². The molecule has 9 amide bonds. The fourth-order valence-electron chi connectivity index (χ4n) is 7.51. The number of carbonyl (C=O) groups is 13. The van der Waals surface area contributed by atoms with Crippen molar-refractivity contribution in [3.63, 3.8) is 0 Å². The smallest absolute Gasteiger partial charge is 0.326 e. The molecule has 1 heterocycles. The summed E-state index contributed by atoms with van der Waals surface area (Å²) in [5, 5.41) is 84.0. The standard InChI is InChI=1S/C45H66N10O20/c1-5-19(2)34(41(70)54-35(20(3)56)42(71)51-28(45(74)75)18-33(64)65)52-43(72)36(21(4)57)53-38(67)25(12-13-31(60)61)48-40(69)29-7-6-14-55(29)44(73)27(15-22-8-10-23(58)11-9-22)50-39(68)26(17-32(62)63)49-37(66)24(46)16-30(47)59/h8-11,19-21,24-29,34-36,56-58H,5-7,12-18,46H2,1-4H3,(H2,47,59)(H,48,69)(H,49,66)(H,50,68)(H,51,71)(H,52,72)(H,53,67)(H,54,70)(H,60,61)(H,62,63)(H,64,65)(H,74,75)/t19-,20+,21+,24-,25-,26-,27-,28-,29-,34-,35-,36-/m0/s1. The number of benzene rings is 1. The molecule has 75 heavy (non-hydrogen) atoms. The van der Waals surface area contributed by atoms with Gasteiger partial charge in [-0.25, -0.2) is 4.79 Å². The van der Waals surface area contributed by atoms with Gasteiger partial charge in [0, 0.05) is 19.4 Å². The Bertz CT molecular complexity index is 2280. The minimum absolute atomic E-state index is 0.0576. The third-order valence-electron chi connectivity index (χ3n) is 11.8. The number of nitrogens with two attached hydrogens (primary N) is 2. The van der Waals surface area contributed by atoms with E-state index in [4.69, 9.17) is 16.6 Å². The van der Waals surface area contributed by atoms with Crippen LogP contribution >= 0.6 is 0 Å². The third kappa shape index (κ3) is 20.4. The lowest BCUT2D eigenvalue weighted by Gasteiger charge is -2.31. The van der Waals surface area contributed by atoms with Crippen molar-refractivity contribution >= 4 is 77.0 Å². The van der Waals surface area contributed by atoms with Crippen LogP contribution in [0, 0.1) is 5.92 Å². The summed E-state index contributed by atoms with van der Waals surface area (Å²) in [5.41, 5.74) is 11.1. The average Bonchev–Trinajstić information content (AvgIpc) is 3.81. The number of likely N-dealkylation sites (tertiary alicyclic amines) is 1. The number of phenols is 1. The molecule has 0 unspecified atom stereocenters. The maximum absolute atomic E-state index is 14.4. The highest BCUT2D eigenvalue weighted by molar-refractivity contribution is 5.99. The maximum Gasteiger partial charge on any atom is 0.326 e. The van der Waals surface area contributed by atoms with Crippen molar-refractivity contribution in [3.8, 4) is 5.75 Å². The molecule has 0 spiro atoms. The van der Waals surface area contributed by atoms with Crippen molar-refractivity contribution < 1.29 is 98.1 Å². The topological polar surface area (TPSA) is 503 Å². The van der Waals surface area contributed by atoms with Crippen LogP contribution in [0.15, 0.2) is 24.3 Å². The molecule has 1 aliphatic rings. The molecule has 0 aromatic heterocycles. The Hall–Kier alpha value is -7.99. The summed E-state index contributed by atoms with van der Waals surface area (Å²) < 4.78 is 0. The largest absolute Gasteiger partial charge is 0.508 e. The highest BCUT2D eigenvalue weighted by Gasteiger charge is 2.42. The van der Waals surface area contributed by atoms with Crippen molar-refractivity contribution in [3.05, 3.63) is 29.8 Å². The van der Waals surface area contributed by atoms with Crippen molar-refractivity contribution in [1.82, 2.24) is 42.1 Å². The Balaban J connectivity index is 2.43. The first-order valence-corrected chi connectivity index (χ1v) is 23.5. The van der Waals surface area contributed by atoms with Gasteiger partial charge in [-0.1, -0.05) is 32.4 Å². The first kappa shape index (κ1) is 63.1. The van der Waals surface area contributed by atoms with Crippen LogP contribution in [0.5, 0.6) is 5.75 Å². The quantitative estimate of drug-likeness (QED) is 0.0329. The van der Waals surface area contributed by atoms with Gasteiger partial charge < -0.3 is 89.3 Å². The molecule has 1 aromatic rings. The Morgan fingerprint density at radius 2 is 1.09 bits per heavy atom. The van der Waals surface area contributed by atoms with Crippen LogP contribution < -0.4 is 48.7 Å². The highest BCUT2D eigenvalue weighted by atomic mass is 16.4. The lowest BCUT2D eigenvalue weighted by molar-refractivity contribution is -0.148. The molecule has 1 fully saturated rings. The molecule has 30 nitrogen and oxygen atoms in total. The summed E-state index contributed by atoms with van der Waals surface area (Å²) in [6.45, 7) is 5.05. The van der Waals surface area contributed by atoms with Crippen LogP contribution in [0.1, 0.15) is 84.6 Å². The van der Waals surface area contributed by atoms with Gasteiger partial charge in [-0.15, -0.1) is 0 Å². The van der Waals surface area contributed by atoms with Crippen LogP contribution in [0.4, 0.5) is 0 Å². The van der Waals surface area contributed by atoms with Gasteiger partial charge in [-0.05, 0) is 56.7 Å². The second-order valence-corrected chi connectivity index (χ2v) is 17.9. The number of nitrogens with one attached hydrogen (secondary N) is 7. The Labute approximate surface area is 428 Å². The predicted octanol–water partition coefficient (Wildman–Crippen LogP) is -5.77. The molecular weight excluding hydrogens is 1000 g/mol. The van der Waals surface area contributed by atoms with Gasteiger partial charge in [0.25, 0.3) is 0 Å². The van der Waals surface area contributed by atoms with Crippen LogP contribution in [-0.4, -0.2) is 191 Å². The minimum atomic E-state index is -1.97. The SMILES string of the molecule is CC[C@H](C)[C@H](NC(=O)[C@@H](NC(=O)[C@H](CCC(=O)O)NC(=O)[C@@H]1CCCN1C(=O)[C@H](Cc1ccc(O)cc1)NC(=O)[C@H](CC(=O)O)NC(=O)[C@@H](N)CC(N)=O)[C@@H](C)O)C(=O)N[C@H](C(=O)N[C@@H](CC(=O)O)C(=O)O)[C@@H](C)O. The number of aliphatic carboxylic acids is 4. The van der Waals surface area contributed by atoms with Gasteiger partial charge in [-0.3, -0.25) is 57.5 Å². The number of aromatic hydroxyl groups is 1. The van der Waals surface area contributed by atoms with E-state index in [0.29, 0.717) is 5.56 Å². The first-order chi connectivity index (χ1) is 35.0. The van der Waals surface area contributed by atoms with E-state index < -0.39 is 182 Å². The summed E-state index contributed by atoms with van der Waals surface area (Å²) in [7, 11) is 0. The number of aliphatic hydroxyl groups excluding tert-OH is 2. The van der Waals surface area contributed by atoms with Gasteiger partial charge in [0.15, 0.2) is 0 Å². The van der Waals surface area contributed by atoms with E-state index in [0.717, 1.165) is 18.7 Å². The summed E-state index contributed by atoms with van der Waals surface area (Å²) in [4.78, 5) is 168. The second kappa shape index (κ2) is 29.6. The fourth-order valence-corrected chi connectivity index (χ4v) is 7.51. The van der Waals surface area contributed by atoms with E-state index in [1.807, 2.05) is 5.32 Å². The summed E-state index contributed by atoms with van der Waals surface area (Å²) >= 11 is 0. The number of hydrogen-bond acceptors (Lipinski definition) is 17. The van der Waals surface area contributed by atoms with Crippen molar-refractivity contribution in [2.24, 2.45) is 17.4 Å². The molecular formula is C45H66N10O20. The Morgan fingerprint density at radius 1 is 0.613 bits per heavy atom. The molecule has 0 aliphatic carbocycles. The molecule has 12 atom stereocenters. The van der Waals surface area contributed by atoms with E-state index in [9.17, 15) is 93.0 Å².